The molecule has 3 unspecified atom stereocenters. The number of rotatable bonds is 6. The highest BCUT2D eigenvalue weighted by Crippen LogP contribution is 2.62. The Bertz CT molecular complexity index is 342. The Balaban J connectivity index is 1.61. The summed E-state index contributed by atoms with van der Waals surface area (Å²) in [5.41, 5.74) is 1.63. The van der Waals surface area contributed by atoms with E-state index in [2.05, 4.69) is 26.1 Å². The van der Waals surface area contributed by atoms with Crippen molar-refractivity contribution in [1.82, 2.24) is 5.32 Å². The summed E-state index contributed by atoms with van der Waals surface area (Å²) >= 11 is 0. The molecule has 0 saturated heterocycles. The first-order valence-corrected chi connectivity index (χ1v) is 8.14. The molecule has 0 amide bonds. The molecular formula is C17H31NO. The van der Waals surface area contributed by atoms with Crippen molar-refractivity contribution in [3.8, 4) is 0 Å². The van der Waals surface area contributed by atoms with Gasteiger partial charge >= 0.3 is 0 Å². The van der Waals surface area contributed by atoms with Crippen molar-refractivity contribution in [2.45, 2.75) is 65.3 Å². The lowest BCUT2D eigenvalue weighted by molar-refractivity contribution is 0.0993. The van der Waals surface area contributed by atoms with Crippen LogP contribution in [0.1, 0.15) is 59.3 Å². The SMILES string of the molecule is COCCC1(CNC2C3(C)CCC(C3)C2(C)C)CC1. The van der Waals surface area contributed by atoms with Crippen LogP contribution >= 0.6 is 0 Å². The third kappa shape index (κ3) is 2.25. The average Bonchev–Trinajstić information content (AvgIpc) is 2.95. The van der Waals surface area contributed by atoms with Crippen LogP contribution in [0.2, 0.25) is 0 Å². The maximum Gasteiger partial charge on any atom is 0.0468 e. The molecule has 3 fully saturated rings. The molecule has 3 atom stereocenters. The van der Waals surface area contributed by atoms with Gasteiger partial charge in [-0.25, -0.2) is 0 Å². The van der Waals surface area contributed by atoms with Gasteiger partial charge in [0.2, 0.25) is 0 Å². The first-order valence-electron chi connectivity index (χ1n) is 8.14. The maximum absolute atomic E-state index is 5.27. The van der Waals surface area contributed by atoms with Gasteiger partial charge in [-0.05, 0) is 60.7 Å². The van der Waals surface area contributed by atoms with E-state index >= 15 is 0 Å². The van der Waals surface area contributed by atoms with Crippen molar-refractivity contribution in [2.75, 3.05) is 20.3 Å². The van der Waals surface area contributed by atoms with Crippen LogP contribution in [0.25, 0.3) is 0 Å². The smallest absolute Gasteiger partial charge is 0.0468 e. The molecule has 3 aliphatic carbocycles. The molecular weight excluding hydrogens is 234 g/mol. The van der Waals surface area contributed by atoms with Gasteiger partial charge in [-0.1, -0.05) is 20.8 Å². The monoisotopic (exact) mass is 265 g/mol. The standard InChI is InChI=1S/C17H31NO/c1-15(2)13-5-6-16(3,11-13)14(15)18-12-17(7-8-17)9-10-19-4/h13-14,18H,5-12H2,1-4H3. The van der Waals surface area contributed by atoms with E-state index in [-0.39, 0.29) is 0 Å². The minimum absolute atomic E-state index is 0.490. The molecule has 2 bridgehead atoms. The van der Waals surface area contributed by atoms with E-state index < -0.39 is 0 Å². The number of hydrogen-bond donors (Lipinski definition) is 1. The van der Waals surface area contributed by atoms with Gasteiger partial charge in [-0.2, -0.15) is 0 Å². The van der Waals surface area contributed by atoms with E-state index in [0.29, 0.717) is 16.2 Å². The second kappa shape index (κ2) is 4.46. The summed E-state index contributed by atoms with van der Waals surface area (Å²) in [5.74, 6) is 0.948. The summed E-state index contributed by atoms with van der Waals surface area (Å²) in [7, 11) is 1.82. The molecule has 0 heterocycles. The predicted molar refractivity (Wildman–Crippen MR) is 79.2 cm³/mol. The largest absolute Gasteiger partial charge is 0.385 e. The molecule has 3 rings (SSSR count). The second-order valence-corrected chi connectivity index (χ2v) is 8.47. The highest BCUT2D eigenvalue weighted by Gasteiger charge is 2.59. The van der Waals surface area contributed by atoms with Gasteiger partial charge in [0.15, 0.2) is 0 Å². The molecule has 1 N–H and O–H groups in total. The second-order valence-electron chi connectivity index (χ2n) is 8.47. The number of ether oxygens (including phenoxy) is 1. The molecule has 0 radical (unpaired) electrons. The Labute approximate surface area is 118 Å². The Hall–Kier alpha value is -0.0800. The van der Waals surface area contributed by atoms with Crippen molar-refractivity contribution in [2.24, 2.45) is 22.2 Å². The summed E-state index contributed by atoms with van der Waals surface area (Å²) in [6, 6.07) is 0.721. The van der Waals surface area contributed by atoms with E-state index in [1.165, 1.54) is 45.1 Å². The fourth-order valence-corrected chi connectivity index (χ4v) is 5.14. The number of methoxy groups -OCH3 is 1. The van der Waals surface area contributed by atoms with Gasteiger partial charge in [-0.3, -0.25) is 0 Å². The number of fused-ring (bicyclic) bond motifs is 2. The molecule has 110 valence electrons. The lowest BCUT2D eigenvalue weighted by Crippen LogP contribution is -2.51. The zero-order valence-corrected chi connectivity index (χ0v) is 13.2. The van der Waals surface area contributed by atoms with Crippen LogP contribution in [-0.4, -0.2) is 26.3 Å². The van der Waals surface area contributed by atoms with Crippen molar-refractivity contribution in [3.05, 3.63) is 0 Å². The van der Waals surface area contributed by atoms with E-state index in [1.807, 2.05) is 7.11 Å². The van der Waals surface area contributed by atoms with E-state index in [9.17, 15) is 0 Å². The van der Waals surface area contributed by atoms with Crippen LogP contribution in [0.4, 0.5) is 0 Å². The summed E-state index contributed by atoms with van der Waals surface area (Å²) in [5, 5.41) is 4.00. The minimum atomic E-state index is 0.490. The molecule has 3 saturated carbocycles. The molecule has 19 heavy (non-hydrogen) atoms. The number of nitrogens with one attached hydrogen (secondary N) is 1. The van der Waals surface area contributed by atoms with Crippen LogP contribution in [0, 0.1) is 22.2 Å². The summed E-state index contributed by atoms with van der Waals surface area (Å²) < 4.78 is 5.27. The predicted octanol–water partition coefficient (Wildman–Crippen LogP) is 3.61. The van der Waals surface area contributed by atoms with E-state index in [1.54, 1.807) is 0 Å². The van der Waals surface area contributed by atoms with Crippen LogP contribution < -0.4 is 5.32 Å². The first-order chi connectivity index (χ1) is 8.92. The van der Waals surface area contributed by atoms with Gasteiger partial charge in [0.25, 0.3) is 0 Å². The quantitative estimate of drug-likeness (QED) is 0.792. The average molecular weight is 265 g/mol. The third-order valence-corrected chi connectivity index (χ3v) is 6.74. The van der Waals surface area contributed by atoms with Crippen LogP contribution in [0.5, 0.6) is 0 Å². The molecule has 0 aromatic heterocycles. The first kappa shape index (κ1) is 13.9. The highest BCUT2D eigenvalue weighted by molar-refractivity contribution is 5.12. The third-order valence-electron chi connectivity index (χ3n) is 6.74. The molecule has 0 spiro atoms. The van der Waals surface area contributed by atoms with Crippen molar-refractivity contribution in [1.29, 1.82) is 0 Å². The zero-order chi connectivity index (χ0) is 13.7. The normalized spacial score (nSPS) is 41.7. The summed E-state index contributed by atoms with van der Waals surface area (Å²) in [6.07, 6.45) is 8.38. The topological polar surface area (TPSA) is 21.3 Å². The molecule has 0 aliphatic heterocycles. The lowest BCUT2D eigenvalue weighted by atomic mass is 9.68. The fourth-order valence-electron chi connectivity index (χ4n) is 5.14. The highest BCUT2D eigenvalue weighted by atomic mass is 16.5. The minimum Gasteiger partial charge on any atom is -0.385 e. The summed E-state index contributed by atoms with van der Waals surface area (Å²) in [4.78, 5) is 0. The zero-order valence-electron chi connectivity index (χ0n) is 13.2. The maximum atomic E-state index is 5.27. The summed E-state index contributed by atoms with van der Waals surface area (Å²) in [6.45, 7) is 9.65. The molecule has 0 aromatic rings. The van der Waals surface area contributed by atoms with Gasteiger partial charge in [0.05, 0.1) is 0 Å². The number of hydrogen-bond acceptors (Lipinski definition) is 2. The van der Waals surface area contributed by atoms with Crippen molar-refractivity contribution in [3.63, 3.8) is 0 Å². The van der Waals surface area contributed by atoms with E-state index in [4.69, 9.17) is 4.74 Å². The Morgan fingerprint density at radius 3 is 2.42 bits per heavy atom. The van der Waals surface area contributed by atoms with Crippen LogP contribution in [-0.2, 0) is 4.74 Å². The Morgan fingerprint density at radius 1 is 1.16 bits per heavy atom. The fraction of sp³-hybridized carbons (Fsp3) is 1.00. The lowest BCUT2D eigenvalue weighted by Gasteiger charge is -2.44. The van der Waals surface area contributed by atoms with Crippen molar-refractivity contribution < 1.29 is 4.74 Å². The van der Waals surface area contributed by atoms with Crippen LogP contribution in [0.3, 0.4) is 0 Å². The molecule has 2 heteroatoms. The van der Waals surface area contributed by atoms with Gasteiger partial charge in [0.1, 0.15) is 0 Å². The van der Waals surface area contributed by atoms with Crippen molar-refractivity contribution >= 4 is 0 Å². The Morgan fingerprint density at radius 2 is 1.89 bits per heavy atom. The van der Waals surface area contributed by atoms with Gasteiger partial charge < -0.3 is 10.1 Å². The molecule has 3 aliphatic rings. The molecule has 0 aromatic carbocycles. The molecule has 2 nitrogen and oxygen atoms in total. The van der Waals surface area contributed by atoms with Gasteiger partial charge in [-0.15, -0.1) is 0 Å². The van der Waals surface area contributed by atoms with Gasteiger partial charge in [0, 0.05) is 26.3 Å². The van der Waals surface area contributed by atoms with E-state index in [0.717, 1.165) is 18.6 Å². The Kier molecular flexibility index (Phi) is 3.26. The van der Waals surface area contributed by atoms with Crippen LogP contribution in [0.15, 0.2) is 0 Å².